The zero-order valence-corrected chi connectivity index (χ0v) is 10.5. The van der Waals surface area contributed by atoms with Crippen molar-refractivity contribution in [2.24, 2.45) is 5.84 Å². The van der Waals surface area contributed by atoms with E-state index in [1.54, 1.807) is 18.2 Å². The number of aryl methyl sites for hydroxylation is 1. The van der Waals surface area contributed by atoms with Gasteiger partial charge in [-0.15, -0.1) is 0 Å². The zero-order valence-electron chi connectivity index (χ0n) is 10.5. The molecule has 1 aromatic carbocycles. The predicted molar refractivity (Wildman–Crippen MR) is 66.6 cm³/mol. The Kier molecular flexibility index (Phi) is 5.17. The number of nitrogens with two attached hydrogens (primary N) is 1. The minimum Gasteiger partial charge on any atom is -0.352 e. The molecule has 0 saturated heterocycles. The second kappa shape index (κ2) is 6.42. The molecule has 4 nitrogen and oxygen atoms in total. The highest BCUT2D eigenvalue weighted by atomic mass is 19.4. The summed E-state index contributed by atoms with van der Waals surface area (Å²) in [5.74, 6) is 4.84. The minimum atomic E-state index is -4.20. The fraction of sp³-hybridized carbons (Fsp3) is 0.417. The van der Waals surface area contributed by atoms with Crippen LogP contribution in [0.25, 0.3) is 0 Å². The zero-order chi connectivity index (χ0) is 14.5. The van der Waals surface area contributed by atoms with Crippen LogP contribution in [0, 0.1) is 6.92 Å². The summed E-state index contributed by atoms with van der Waals surface area (Å²) in [7, 11) is 0. The molecule has 1 amide bonds. The van der Waals surface area contributed by atoms with Gasteiger partial charge in [-0.3, -0.25) is 10.6 Å². The van der Waals surface area contributed by atoms with Crippen LogP contribution in [0.15, 0.2) is 18.2 Å². The van der Waals surface area contributed by atoms with E-state index in [1.165, 1.54) is 0 Å². The number of benzene rings is 1. The van der Waals surface area contributed by atoms with Gasteiger partial charge in [-0.2, -0.15) is 13.2 Å². The van der Waals surface area contributed by atoms with E-state index in [0.717, 1.165) is 5.56 Å². The second-order valence-electron chi connectivity index (χ2n) is 4.17. The minimum absolute atomic E-state index is 0.0315. The normalized spacial score (nSPS) is 11.2. The summed E-state index contributed by atoms with van der Waals surface area (Å²) in [6, 6.07) is 4.99. The summed E-state index contributed by atoms with van der Waals surface area (Å²) in [6.45, 7) is 1.81. The first-order chi connectivity index (χ1) is 8.83. The lowest BCUT2D eigenvalue weighted by atomic mass is 10.1. The van der Waals surface area contributed by atoms with Crippen molar-refractivity contribution in [2.45, 2.75) is 25.9 Å². The van der Waals surface area contributed by atoms with Crippen LogP contribution in [0.4, 0.5) is 18.9 Å². The van der Waals surface area contributed by atoms with Crippen LogP contribution in [-0.2, 0) is 0 Å². The molecule has 0 atom stereocenters. The van der Waals surface area contributed by atoms with Crippen LogP contribution < -0.4 is 16.6 Å². The molecular formula is C12H16F3N3O. The van der Waals surface area contributed by atoms with Gasteiger partial charge in [-0.05, 0) is 31.0 Å². The number of alkyl halides is 3. The van der Waals surface area contributed by atoms with Crippen LogP contribution in [0.3, 0.4) is 0 Å². The standard InChI is InChI=1S/C12H16F3N3O/c1-8-3-4-9(10(7-8)18-16)11(19)17-6-2-5-12(13,14)15/h3-4,7,18H,2,5-6,16H2,1H3,(H,17,19). The van der Waals surface area contributed by atoms with Gasteiger partial charge in [0.05, 0.1) is 11.3 Å². The molecule has 1 rings (SSSR count). The van der Waals surface area contributed by atoms with Crippen LogP contribution in [-0.4, -0.2) is 18.6 Å². The number of nitrogens with one attached hydrogen (secondary N) is 2. The third-order valence-corrected chi connectivity index (χ3v) is 2.50. The highest BCUT2D eigenvalue weighted by Gasteiger charge is 2.26. The van der Waals surface area contributed by atoms with Crippen molar-refractivity contribution in [2.75, 3.05) is 12.0 Å². The quantitative estimate of drug-likeness (QED) is 0.439. The summed E-state index contributed by atoms with van der Waals surface area (Å²) < 4.78 is 35.8. The Labute approximate surface area is 109 Å². The van der Waals surface area contributed by atoms with Gasteiger partial charge >= 0.3 is 6.18 Å². The molecule has 0 unspecified atom stereocenters. The number of rotatable bonds is 5. The third-order valence-electron chi connectivity index (χ3n) is 2.50. The van der Waals surface area contributed by atoms with E-state index in [1.807, 2.05) is 6.92 Å². The molecule has 1 aromatic rings. The van der Waals surface area contributed by atoms with E-state index in [0.29, 0.717) is 11.3 Å². The number of carbonyl (C=O) groups excluding carboxylic acids is 1. The van der Waals surface area contributed by atoms with Gasteiger partial charge in [-0.1, -0.05) is 6.07 Å². The molecule has 7 heteroatoms. The predicted octanol–water partition coefficient (Wildman–Crippen LogP) is 2.35. The van der Waals surface area contributed by atoms with Crippen molar-refractivity contribution in [1.29, 1.82) is 0 Å². The lowest BCUT2D eigenvalue weighted by Crippen LogP contribution is -2.27. The molecular weight excluding hydrogens is 259 g/mol. The van der Waals surface area contributed by atoms with E-state index in [4.69, 9.17) is 5.84 Å². The third kappa shape index (κ3) is 5.17. The molecule has 0 aliphatic carbocycles. The van der Waals surface area contributed by atoms with Crippen molar-refractivity contribution in [3.8, 4) is 0 Å². The Hall–Kier alpha value is -1.76. The maximum Gasteiger partial charge on any atom is 0.389 e. The fourth-order valence-electron chi connectivity index (χ4n) is 1.56. The monoisotopic (exact) mass is 275 g/mol. The summed E-state index contributed by atoms with van der Waals surface area (Å²) in [6.07, 6.45) is -5.26. The Bertz CT molecular complexity index is 446. The molecule has 0 aromatic heterocycles. The molecule has 106 valence electrons. The molecule has 0 saturated carbocycles. The number of nitrogen functional groups attached to an aromatic ring is 1. The molecule has 0 aliphatic rings. The van der Waals surface area contributed by atoms with Crippen molar-refractivity contribution < 1.29 is 18.0 Å². The Morgan fingerprint density at radius 1 is 1.37 bits per heavy atom. The molecule has 0 spiro atoms. The lowest BCUT2D eigenvalue weighted by Gasteiger charge is -2.11. The van der Waals surface area contributed by atoms with E-state index in [-0.39, 0.29) is 13.0 Å². The first-order valence-electron chi connectivity index (χ1n) is 5.75. The highest BCUT2D eigenvalue weighted by Crippen LogP contribution is 2.21. The summed E-state index contributed by atoms with van der Waals surface area (Å²) >= 11 is 0. The van der Waals surface area contributed by atoms with Crippen LogP contribution in [0.1, 0.15) is 28.8 Å². The van der Waals surface area contributed by atoms with Crippen molar-refractivity contribution in [1.82, 2.24) is 5.32 Å². The van der Waals surface area contributed by atoms with Gasteiger partial charge in [0, 0.05) is 13.0 Å². The van der Waals surface area contributed by atoms with Gasteiger partial charge in [-0.25, -0.2) is 0 Å². The largest absolute Gasteiger partial charge is 0.389 e. The first kappa shape index (κ1) is 15.3. The Balaban J connectivity index is 2.54. The van der Waals surface area contributed by atoms with Gasteiger partial charge in [0.1, 0.15) is 0 Å². The van der Waals surface area contributed by atoms with E-state index < -0.39 is 18.5 Å². The lowest BCUT2D eigenvalue weighted by molar-refractivity contribution is -0.135. The number of amides is 1. The number of halogens is 3. The molecule has 19 heavy (non-hydrogen) atoms. The Morgan fingerprint density at radius 2 is 2.05 bits per heavy atom. The molecule has 0 fully saturated rings. The fourth-order valence-corrected chi connectivity index (χ4v) is 1.56. The molecule has 0 heterocycles. The number of hydrazine groups is 1. The summed E-state index contributed by atoms with van der Waals surface area (Å²) in [4.78, 5) is 11.8. The average molecular weight is 275 g/mol. The molecule has 0 bridgehead atoms. The van der Waals surface area contributed by atoms with Gasteiger partial charge in [0.2, 0.25) is 0 Å². The van der Waals surface area contributed by atoms with Crippen LogP contribution in [0.2, 0.25) is 0 Å². The average Bonchev–Trinajstić information content (AvgIpc) is 2.33. The maximum absolute atomic E-state index is 11.9. The van der Waals surface area contributed by atoms with Crippen molar-refractivity contribution in [3.05, 3.63) is 29.3 Å². The van der Waals surface area contributed by atoms with Crippen molar-refractivity contribution >= 4 is 11.6 Å². The van der Waals surface area contributed by atoms with E-state index in [2.05, 4.69) is 10.7 Å². The topological polar surface area (TPSA) is 67.2 Å². The molecule has 0 aliphatic heterocycles. The van der Waals surface area contributed by atoms with Crippen molar-refractivity contribution in [3.63, 3.8) is 0 Å². The SMILES string of the molecule is Cc1ccc(C(=O)NCCCC(F)(F)F)c(NN)c1. The molecule has 0 radical (unpaired) electrons. The first-order valence-corrected chi connectivity index (χ1v) is 5.75. The van der Waals surface area contributed by atoms with Gasteiger partial charge in [0.15, 0.2) is 0 Å². The number of carbonyl (C=O) groups is 1. The molecule has 4 N–H and O–H groups in total. The number of anilines is 1. The summed E-state index contributed by atoms with van der Waals surface area (Å²) in [5, 5.41) is 2.43. The maximum atomic E-state index is 11.9. The second-order valence-corrected chi connectivity index (χ2v) is 4.17. The van der Waals surface area contributed by atoms with E-state index >= 15 is 0 Å². The van der Waals surface area contributed by atoms with Crippen LogP contribution in [0.5, 0.6) is 0 Å². The van der Waals surface area contributed by atoms with Gasteiger partial charge < -0.3 is 10.7 Å². The summed E-state index contributed by atoms with van der Waals surface area (Å²) in [5.41, 5.74) is 4.05. The Morgan fingerprint density at radius 3 is 2.63 bits per heavy atom. The van der Waals surface area contributed by atoms with E-state index in [9.17, 15) is 18.0 Å². The van der Waals surface area contributed by atoms with Crippen LogP contribution >= 0.6 is 0 Å². The number of hydrogen-bond acceptors (Lipinski definition) is 3. The highest BCUT2D eigenvalue weighted by molar-refractivity contribution is 5.99. The van der Waals surface area contributed by atoms with Gasteiger partial charge in [0.25, 0.3) is 5.91 Å². The smallest absolute Gasteiger partial charge is 0.352 e. The number of hydrogen-bond donors (Lipinski definition) is 3.